The van der Waals surface area contributed by atoms with Gasteiger partial charge >= 0.3 is 0 Å². The van der Waals surface area contributed by atoms with Gasteiger partial charge in [-0.3, -0.25) is 4.79 Å². The number of para-hydroxylation sites is 1. The molecule has 0 spiro atoms. The molecule has 7 nitrogen and oxygen atoms in total. The zero-order chi connectivity index (χ0) is 21.6. The molecule has 7 heteroatoms. The highest BCUT2D eigenvalue weighted by Crippen LogP contribution is 2.29. The zero-order valence-electron chi connectivity index (χ0n) is 17.4. The Labute approximate surface area is 180 Å². The van der Waals surface area contributed by atoms with Gasteiger partial charge in [-0.1, -0.05) is 38.1 Å². The minimum absolute atomic E-state index is 0.0825. The number of benzene rings is 2. The number of amides is 1. The quantitative estimate of drug-likeness (QED) is 0.405. The first-order chi connectivity index (χ1) is 15.1. The molecule has 0 radical (unpaired) electrons. The van der Waals surface area contributed by atoms with E-state index in [1.165, 1.54) is 0 Å². The van der Waals surface area contributed by atoms with Crippen molar-refractivity contribution in [3.63, 3.8) is 0 Å². The van der Waals surface area contributed by atoms with Crippen LogP contribution in [0.2, 0.25) is 0 Å². The first-order valence-electron chi connectivity index (χ1n) is 10.1. The lowest BCUT2D eigenvalue weighted by Gasteiger charge is -2.15. The topological polar surface area (TPSA) is 90.4 Å². The third kappa shape index (κ3) is 4.83. The van der Waals surface area contributed by atoms with Crippen molar-refractivity contribution < 1.29 is 18.4 Å². The van der Waals surface area contributed by atoms with E-state index in [4.69, 9.17) is 13.6 Å². The molecule has 1 amide bonds. The smallest absolute Gasteiger partial charge is 0.283 e. The normalized spacial score (nSPS) is 11.8. The number of hydrogen-bond acceptors (Lipinski definition) is 6. The number of anilines is 1. The molecule has 0 aliphatic carbocycles. The number of furan rings is 1. The highest BCUT2D eigenvalue weighted by atomic mass is 16.5. The van der Waals surface area contributed by atoms with Crippen molar-refractivity contribution in [2.45, 2.75) is 26.2 Å². The van der Waals surface area contributed by atoms with Crippen LogP contribution < -0.4 is 10.1 Å². The van der Waals surface area contributed by atoms with Gasteiger partial charge in [0, 0.05) is 11.3 Å². The summed E-state index contributed by atoms with van der Waals surface area (Å²) >= 11 is 0. The van der Waals surface area contributed by atoms with Crippen molar-refractivity contribution in [3.8, 4) is 28.9 Å². The van der Waals surface area contributed by atoms with Crippen LogP contribution in [0.5, 0.6) is 5.75 Å². The Hall–Kier alpha value is -3.87. The molecule has 158 valence electrons. The molecule has 2 aromatic carbocycles. The van der Waals surface area contributed by atoms with E-state index in [1.54, 1.807) is 36.6 Å². The molecule has 4 rings (SSSR count). The van der Waals surface area contributed by atoms with Crippen LogP contribution >= 0.6 is 0 Å². The standard InChI is InChI=1S/C24H23N3O4/c1-3-16(2)19-10-4-5-11-20(19)30-15-22(28)25-18-9-6-8-17(14-18)23-26-27-24(31-23)21-12-7-13-29-21/h4-14,16H,3,15H2,1-2H3,(H,25,28)/t16-/m0/s1. The van der Waals surface area contributed by atoms with E-state index in [9.17, 15) is 4.79 Å². The predicted molar refractivity (Wildman–Crippen MR) is 117 cm³/mol. The maximum atomic E-state index is 12.4. The van der Waals surface area contributed by atoms with Crippen LogP contribution in [0.25, 0.3) is 23.1 Å². The second kappa shape index (κ2) is 9.30. The third-order valence-electron chi connectivity index (χ3n) is 4.97. The first kappa shape index (κ1) is 20.4. The number of rotatable bonds is 8. The Morgan fingerprint density at radius 3 is 2.71 bits per heavy atom. The molecule has 2 heterocycles. The molecular weight excluding hydrogens is 394 g/mol. The van der Waals surface area contributed by atoms with Gasteiger partial charge in [0.05, 0.1) is 6.26 Å². The Balaban J connectivity index is 1.41. The SMILES string of the molecule is CC[C@H](C)c1ccccc1OCC(=O)Nc1cccc(-c2nnc(-c3ccco3)o2)c1. The van der Waals surface area contributed by atoms with E-state index in [0.717, 1.165) is 17.7 Å². The number of ether oxygens (including phenoxy) is 1. The Kier molecular flexibility index (Phi) is 6.12. The van der Waals surface area contributed by atoms with Gasteiger partial charge in [0.25, 0.3) is 11.8 Å². The van der Waals surface area contributed by atoms with Crippen molar-refractivity contribution in [2.75, 3.05) is 11.9 Å². The molecular formula is C24H23N3O4. The molecule has 31 heavy (non-hydrogen) atoms. The summed E-state index contributed by atoms with van der Waals surface area (Å²) < 4.78 is 16.7. The fourth-order valence-electron chi connectivity index (χ4n) is 3.15. The van der Waals surface area contributed by atoms with E-state index in [2.05, 4.69) is 29.4 Å². The Bertz CT molecular complexity index is 1150. The maximum Gasteiger partial charge on any atom is 0.283 e. The van der Waals surface area contributed by atoms with Gasteiger partial charge in [-0.2, -0.15) is 0 Å². The molecule has 0 aliphatic heterocycles. The first-order valence-corrected chi connectivity index (χ1v) is 10.1. The summed E-state index contributed by atoms with van der Waals surface area (Å²) in [6, 6.07) is 18.5. The molecule has 0 saturated carbocycles. The van der Waals surface area contributed by atoms with Gasteiger partial charge in [-0.25, -0.2) is 0 Å². The van der Waals surface area contributed by atoms with Crippen LogP contribution in [-0.4, -0.2) is 22.7 Å². The number of nitrogens with one attached hydrogen (secondary N) is 1. The van der Waals surface area contributed by atoms with Crippen molar-refractivity contribution >= 4 is 11.6 Å². The minimum atomic E-state index is -0.252. The number of carbonyl (C=O) groups is 1. The van der Waals surface area contributed by atoms with Crippen molar-refractivity contribution in [3.05, 3.63) is 72.5 Å². The molecule has 0 aliphatic rings. The van der Waals surface area contributed by atoms with Crippen LogP contribution in [0.15, 0.2) is 75.8 Å². The molecule has 1 N–H and O–H groups in total. The monoisotopic (exact) mass is 417 g/mol. The Morgan fingerprint density at radius 1 is 1.06 bits per heavy atom. The van der Waals surface area contributed by atoms with Gasteiger partial charge in [0.2, 0.25) is 5.89 Å². The summed E-state index contributed by atoms with van der Waals surface area (Å²) in [5.74, 6) is 1.97. The summed E-state index contributed by atoms with van der Waals surface area (Å²) in [5.41, 5.74) is 2.40. The van der Waals surface area contributed by atoms with E-state index < -0.39 is 0 Å². The van der Waals surface area contributed by atoms with E-state index >= 15 is 0 Å². The lowest BCUT2D eigenvalue weighted by molar-refractivity contribution is -0.118. The average molecular weight is 417 g/mol. The molecule has 0 fully saturated rings. The second-order valence-corrected chi connectivity index (χ2v) is 7.15. The van der Waals surface area contributed by atoms with Gasteiger partial charge in [-0.05, 0) is 54.3 Å². The second-order valence-electron chi connectivity index (χ2n) is 7.15. The fraction of sp³-hybridized carbons (Fsp3) is 0.208. The zero-order valence-corrected chi connectivity index (χ0v) is 17.4. The predicted octanol–water partition coefficient (Wildman–Crippen LogP) is 5.53. The van der Waals surface area contributed by atoms with Gasteiger partial charge < -0.3 is 18.9 Å². The van der Waals surface area contributed by atoms with Crippen molar-refractivity contribution in [2.24, 2.45) is 0 Å². The lowest BCUT2D eigenvalue weighted by atomic mass is 9.98. The third-order valence-corrected chi connectivity index (χ3v) is 4.97. The molecule has 2 aromatic heterocycles. The molecule has 0 bridgehead atoms. The summed E-state index contributed by atoms with van der Waals surface area (Å²) in [4.78, 5) is 12.4. The van der Waals surface area contributed by atoms with Crippen molar-refractivity contribution in [1.29, 1.82) is 0 Å². The van der Waals surface area contributed by atoms with Crippen molar-refractivity contribution in [1.82, 2.24) is 10.2 Å². The molecule has 0 saturated heterocycles. The average Bonchev–Trinajstić information content (AvgIpc) is 3.49. The van der Waals surface area contributed by atoms with E-state index in [1.807, 2.05) is 30.3 Å². The lowest BCUT2D eigenvalue weighted by Crippen LogP contribution is -2.20. The van der Waals surface area contributed by atoms with E-state index in [-0.39, 0.29) is 12.5 Å². The number of aromatic nitrogens is 2. The van der Waals surface area contributed by atoms with Crippen LogP contribution in [0.1, 0.15) is 31.7 Å². The largest absolute Gasteiger partial charge is 0.483 e. The molecule has 1 atom stereocenters. The summed E-state index contributed by atoms with van der Waals surface area (Å²) in [5, 5.41) is 10.9. The Morgan fingerprint density at radius 2 is 1.90 bits per heavy atom. The summed E-state index contributed by atoms with van der Waals surface area (Å²) in [6.07, 6.45) is 2.54. The number of carbonyl (C=O) groups excluding carboxylic acids is 1. The highest BCUT2D eigenvalue weighted by Gasteiger charge is 2.14. The molecule has 4 aromatic rings. The van der Waals surface area contributed by atoms with E-state index in [0.29, 0.717) is 34.7 Å². The fourth-order valence-corrected chi connectivity index (χ4v) is 3.15. The molecule has 0 unspecified atom stereocenters. The maximum absolute atomic E-state index is 12.4. The van der Waals surface area contributed by atoms with Crippen LogP contribution in [-0.2, 0) is 4.79 Å². The summed E-state index contributed by atoms with van der Waals surface area (Å²) in [7, 11) is 0. The number of nitrogens with zero attached hydrogens (tertiary/aromatic N) is 2. The van der Waals surface area contributed by atoms with Crippen LogP contribution in [0, 0.1) is 0 Å². The van der Waals surface area contributed by atoms with Crippen LogP contribution in [0.3, 0.4) is 0 Å². The van der Waals surface area contributed by atoms with Gasteiger partial charge in [0.15, 0.2) is 12.4 Å². The summed E-state index contributed by atoms with van der Waals surface area (Å²) in [6.45, 7) is 4.19. The highest BCUT2D eigenvalue weighted by molar-refractivity contribution is 5.92. The van der Waals surface area contributed by atoms with Gasteiger partial charge in [0.1, 0.15) is 5.75 Å². The number of hydrogen-bond donors (Lipinski definition) is 1. The minimum Gasteiger partial charge on any atom is -0.483 e. The van der Waals surface area contributed by atoms with Crippen LogP contribution in [0.4, 0.5) is 5.69 Å². The van der Waals surface area contributed by atoms with Gasteiger partial charge in [-0.15, -0.1) is 10.2 Å².